The number of hydrogen-bond acceptors (Lipinski definition) is 3. The minimum atomic E-state index is 0.0599. The maximum absolute atomic E-state index is 13.0. The zero-order chi connectivity index (χ0) is 18.8. The van der Waals surface area contributed by atoms with Crippen LogP contribution in [-0.4, -0.2) is 39.2 Å². The summed E-state index contributed by atoms with van der Waals surface area (Å²) in [5.74, 6) is 0.0599. The Balaban J connectivity index is 1.65. The van der Waals surface area contributed by atoms with Gasteiger partial charge in [-0.1, -0.05) is 36.4 Å². The standard InChI is InChI=1S/C22H24N4O/c1-16-14-19(23)11-13-25(16)22(27)18-8-5-9-20(15-18)26-21(10-12-24-26)17-6-3-2-4-7-17/h2-10,12,15-16,19H,11,13-14,23H2,1H3/t16-,19-/m0/s1. The van der Waals surface area contributed by atoms with Crippen molar-refractivity contribution in [1.29, 1.82) is 0 Å². The fraction of sp³-hybridized carbons (Fsp3) is 0.273. The van der Waals surface area contributed by atoms with Gasteiger partial charge in [-0.15, -0.1) is 0 Å². The average Bonchev–Trinajstić information content (AvgIpc) is 3.18. The van der Waals surface area contributed by atoms with Crippen LogP contribution in [0.15, 0.2) is 66.9 Å². The van der Waals surface area contributed by atoms with Gasteiger partial charge in [-0.2, -0.15) is 5.10 Å². The van der Waals surface area contributed by atoms with Crippen LogP contribution in [-0.2, 0) is 0 Å². The summed E-state index contributed by atoms with van der Waals surface area (Å²) in [5.41, 5.74) is 9.69. The lowest BCUT2D eigenvalue weighted by Gasteiger charge is -2.36. The van der Waals surface area contributed by atoms with E-state index in [0.29, 0.717) is 12.1 Å². The van der Waals surface area contributed by atoms with E-state index >= 15 is 0 Å². The van der Waals surface area contributed by atoms with Gasteiger partial charge >= 0.3 is 0 Å². The van der Waals surface area contributed by atoms with Gasteiger partial charge in [0.1, 0.15) is 0 Å². The minimum absolute atomic E-state index is 0.0599. The molecule has 2 aromatic carbocycles. The van der Waals surface area contributed by atoms with E-state index < -0.39 is 0 Å². The molecule has 27 heavy (non-hydrogen) atoms. The average molecular weight is 360 g/mol. The zero-order valence-corrected chi connectivity index (χ0v) is 15.5. The number of piperidine rings is 1. The first kappa shape index (κ1) is 17.5. The molecule has 4 rings (SSSR count). The molecule has 1 aliphatic heterocycles. The number of amides is 1. The molecule has 2 atom stereocenters. The summed E-state index contributed by atoms with van der Waals surface area (Å²) >= 11 is 0. The number of carbonyl (C=O) groups is 1. The third-order valence-electron chi connectivity index (χ3n) is 5.23. The lowest BCUT2D eigenvalue weighted by atomic mass is 9.98. The normalized spacial score (nSPS) is 19.9. The summed E-state index contributed by atoms with van der Waals surface area (Å²) in [6.07, 6.45) is 3.49. The van der Waals surface area contributed by atoms with Crippen LogP contribution in [0.25, 0.3) is 16.9 Å². The van der Waals surface area contributed by atoms with E-state index in [9.17, 15) is 4.79 Å². The quantitative estimate of drug-likeness (QED) is 0.778. The van der Waals surface area contributed by atoms with Crippen molar-refractivity contribution in [2.45, 2.75) is 31.8 Å². The fourth-order valence-electron chi connectivity index (χ4n) is 3.78. The number of benzene rings is 2. The van der Waals surface area contributed by atoms with Crippen LogP contribution in [0.5, 0.6) is 0 Å². The Morgan fingerprint density at radius 2 is 1.93 bits per heavy atom. The van der Waals surface area contributed by atoms with E-state index in [0.717, 1.165) is 29.8 Å². The first-order valence-corrected chi connectivity index (χ1v) is 9.40. The Labute approximate surface area is 159 Å². The second kappa shape index (κ2) is 7.37. The Kier molecular flexibility index (Phi) is 4.77. The Bertz CT molecular complexity index is 934. The third-order valence-corrected chi connectivity index (χ3v) is 5.23. The summed E-state index contributed by atoms with van der Waals surface area (Å²) in [6, 6.07) is 20.1. The molecule has 2 heterocycles. The topological polar surface area (TPSA) is 64.2 Å². The molecule has 0 unspecified atom stereocenters. The van der Waals surface area contributed by atoms with Crippen LogP contribution in [0.4, 0.5) is 0 Å². The van der Waals surface area contributed by atoms with Gasteiger partial charge in [-0.25, -0.2) is 4.68 Å². The van der Waals surface area contributed by atoms with Crippen molar-refractivity contribution in [2.24, 2.45) is 5.73 Å². The molecule has 0 bridgehead atoms. The molecule has 5 nitrogen and oxygen atoms in total. The number of nitrogens with two attached hydrogens (primary N) is 1. The van der Waals surface area contributed by atoms with Gasteiger partial charge < -0.3 is 10.6 Å². The van der Waals surface area contributed by atoms with E-state index in [1.165, 1.54) is 0 Å². The van der Waals surface area contributed by atoms with Crippen molar-refractivity contribution in [2.75, 3.05) is 6.54 Å². The van der Waals surface area contributed by atoms with Crippen molar-refractivity contribution >= 4 is 5.91 Å². The van der Waals surface area contributed by atoms with Gasteiger partial charge in [0.05, 0.1) is 17.6 Å². The van der Waals surface area contributed by atoms with Gasteiger partial charge in [0.2, 0.25) is 0 Å². The molecule has 2 N–H and O–H groups in total. The van der Waals surface area contributed by atoms with Crippen molar-refractivity contribution in [3.05, 3.63) is 72.4 Å². The molecular formula is C22H24N4O. The Morgan fingerprint density at radius 1 is 1.11 bits per heavy atom. The molecule has 0 saturated carbocycles. The van der Waals surface area contributed by atoms with Gasteiger partial charge in [-0.05, 0) is 44.0 Å². The molecular weight excluding hydrogens is 336 g/mol. The number of likely N-dealkylation sites (tertiary alicyclic amines) is 1. The predicted molar refractivity (Wildman–Crippen MR) is 107 cm³/mol. The summed E-state index contributed by atoms with van der Waals surface area (Å²) in [6.45, 7) is 2.78. The fourth-order valence-corrected chi connectivity index (χ4v) is 3.78. The van der Waals surface area contributed by atoms with Crippen molar-refractivity contribution in [3.63, 3.8) is 0 Å². The van der Waals surface area contributed by atoms with Gasteiger partial charge in [-0.3, -0.25) is 4.79 Å². The molecule has 1 fully saturated rings. The number of rotatable bonds is 3. The highest BCUT2D eigenvalue weighted by Gasteiger charge is 2.27. The largest absolute Gasteiger partial charge is 0.336 e. The van der Waals surface area contributed by atoms with Crippen LogP contribution in [0.1, 0.15) is 30.1 Å². The monoisotopic (exact) mass is 360 g/mol. The first-order valence-electron chi connectivity index (χ1n) is 9.40. The van der Waals surface area contributed by atoms with E-state index in [1.807, 2.05) is 58.1 Å². The van der Waals surface area contributed by atoms with Crippen molar-refractivity contribution in [1.82, 2.24) is 14.7 Å². The van der Waals surface area contributed by atoms with E-state index in [1.54, 1.807) is 6.20 Å². The van der Waals surface area contributed by atoms with Crippen LogP contribution in [0.3, 0.4) is 0 Å². The predicted octanol–water partition coefficient (Wildman–Crippen LogP) is 3.49. The molecule has 0 aliphatic carbocycles. The Hall–Kier alpha value is -2.92. The molecule has 0 spiro atoms. The molecule has 1 aliphatic rings. The number of carbonyl (C=O) groups excluding carboxylic acids is 1. The maximum Gasteiger partial charge on any atom is 0.254 e. The van der Waals surface area contributed by atoms with Crippen molar-refractivity contribution in [3.8, 4) is 16.9 Å². The molecule has 0 radical (unpaired) electrons. The van der Waals surface area contributed by atoms with Gasteiger partial charge in [0.25, 0.3) is 5.91 Å². The van der Waals surface area contributed by atoms with Crippen LogP contribution < -0.4 is 5.73 Å². The van der Waals surface area contributed by atoms with Crippen LogP contribution >= 0.6 is 0 Å². The number of nitrogens with zero attached hydrogens (tertiary/aromatic N) is 3. The molecule has 1 amide bonds. The number of aromatic nitrogens is 2. The second-order valence-electron chi connectivity index (χ2n) is 7.18. The SMILES string of the molecule is C[C@H]1C[C@@H](N)CCN1C(=O)c1cccc(-n2nccc2-c2ccccc2)c1. The lowest BCUT2D eigenvalue weighted by Crippen LogP contribution is -2.48. The van der Waals surface area contributed by atoms with Crippen LogP contribution in [0.2, 0.25) is 0 Å². The lowest BCUT2D eigenvalue weighted by molar-refractivity contribution is 0.0619. The summed E-state index contributed by atoms with van der Waals surface area (Å²) in [7, 11) is 0. The highest BCUT2D eigenvalue weighted by molar-refractivity contribution is 5.95. The van der Waals surface area contributed by atoms with E-state index in [2.05, 4.69) is 24.2 Å². The zero-order valence-electron chi connectivity index (χ0n) is 15.5. The first-order chi connectivity index (χ1) is 13.1. The highest BCUT2D eigenvalue weighted by atomic mass is 16.2. The van der Waals surface area contributed by atoms with E-state index in [-0.39, 0.29) is 18.0 Å². The molecule has 1 saturated heterocycles. The maximum atomic E-state index is 13.0. The smallest absolute Gasteiger partial charge is 0.254 e. The third kappa shape index (κ3) is 3.51. The molecule has 138 valence electrons. The minimum Gasteiger partial charge on any atom is -0.336 e. The van der Waals surface area contributed by atoms with Crippen LogP contribution in [0, 0.1) is 0 Å². The Morgan fingerprint density at radius 3 is 2.70 bits per heavy atom. The van der Waals surface area contributed by atoms with Crippen molar-refractivity contribution < 1.29 is 4.79 Å². The highest BCUT2D eigenvalue weighted by Crippen LogP contribution is 2.24. The number of hydrogen-bond donors (Lipinski definition) is 1. The summed E-state index contributed by atoms with van der Waals surface area (Å²) < 4.78 is 1.88. The molecule has 5 heteroatoms. The van der Waals surface area contributed by atoms with Gasteiger partial charge in [0.15, 0.2) is 0 Å². The van der Waals surface area contributed by atoms with E-state index in [4.69, 9.17) is 5.73 Å². The van der Waals surface area contributed by atoms with Gasteiger partial charge in [0, 0.05) is 29.8 Å². The molecule has 1 aromatic heterocycles. The summed E-state index contributed by atoms with van der Waals surface area (Å²) in [4.78, 5) is 15.0. The second-order valence-corrected chi connectivity index (χ2v) is 7.18. The summed E-state index contributed by atoms with van der Waals surface area (Å²) in [5, 5.41) is 4.48. The molecule has 3 aromatic rings.